The van der Waals surface area contributed by atoms with Crippen molar-refractivity contribution in [3.8, 4) is 0 Å². The molecule has 3 nitrogen and oxygen atoms in total. The van der Waals surface area contributed by atoms with Crippen LogP contribution in [0.4, 0.5) is 0 Å². The molecule has 0 radical (unpaired) electrons. The van der Waals surface area contributed by atoms with Crippen LogP contribution in [0.3, 0.4) is 0 Å². The average molecular weight is 198 g/mol. The quantitative estimate of drug-likeness (QED) is 0.716. The number of hydrogen-bond donors (Lipinski definition) is 1. The second-order valence-electron chi connectivity index (χ2n) is 2.58. The zero-order valence-electron chi connectivity index (χ0n) is 7.86. The van der Waals surface area contributed by atoms with Crippen LogP contribution in [0.15, 0.2) is 30.3 Å². The van der Waals surface area contributed by atoms with Crippen molar-refractivity contribution in [1.29, 1.82) is 0 Å². The Morgan fingerprint density at radius 2 is 1.92 bits per heavy atom. The molecule has 0 saturated carbocycles. The van der Waals surface area contributed by atoms with Gasteiger partial charge in [-0.3, -0.25) is 0 Å². The van der Waals surface area contributed by atoms with Crippen molar-refractivity contribution in [3.05, 3.63) is 30.3 Å². The summed E-state index contributed by atoms with van der Waals surface area (Å²) in [5.41, 5.74) is 0. The van der Waals surface area contributed by atoms with Gasteiger partial charge in [0.25, 0.3) is 0 Å². The van der Waals surface area contributed by atoms with Gasteiger partial charge >= 0.3 is 8.80 Å². The van der Waals surface area contributed by atoms with Gasteiger partial charge in [0.1, 0.15) is 0 Å². The van der Waals surface area contributed by atoms with Crippen LogP contribution in [0.1, 0.15) is 6.92 Å². The highest BCUT2D eigenvalue weighted by Gasteiger charge is 2.37. The highest BCUT2D eigenvalue weighted by Crippen LogP contribution is 2.02. The maximum Gasteiger partial charge on any atom is 0.534 e. The summed E-state index contributed by atoms with van der Waals surface area (Å²) < 4.78 is 10.3. The Hall–Kier alpha value is -0.683. The predicted molar refractivity (Wildman–Crippen MR) is 52.7 cm³/mol. The van der Waals surface area contributed by atoms with Crippen molar-refractivity contribution in [2.24, 2.45) is 0 Å². The van der Waals surface area contributed by atoms with Crippen LogP contribution in [0.5, 0.6) is 0 Å². The number of benzene rings is 1. The third-order valence-electron chi connectivity index (χ3n) is 1.76. The fourth-order valence-electron chi connectivity index (χ4n) is 1.10. The summed E-state index contributed by atoms with van der Waals surface area (Å²) in [7, 11) is -1.63. The van der Waals surface area contributed by atoms with Gasteiger partial charge in [0.05, 0.1) is 0 Å². The van der Waals surface area contributed by atoms with Crippen LogP contribution in [0.2, 0.25) is 0 Å². The number of hydrogen-bond acceptors (Lipinski definition) is 3. The molecule has 1 N–H and O–H groups in total. The second-order valence-corrected chi connectivity index (χ2v) is 5.02. The molecule has 4 heteroatoms. The first-order valence-electron chi connectivity index (χ1n) is 4.20. The van der Waals surface area contributed by atoms with Crippen LogP contribution in [0.25, 0.3) is 0 Å². The zero-order valence-corrected chi connectivity index (χ0v) is 8.86. The minimum absolute atomic E-state index is 0.450. The second kappa shape index (κ2) is 4.52. The van der Waals surface area contributed by atoms with Gasteiger partial charge in [-0.05, 0) is 6.92 Å². The number of rotatable bonds is 4. The molecule has 0 aliphatic rings. The minimum Gasteiger partial charge on any atom is -0.386 e. The predicted octanol–water partition coefficient (Wildman–Crippen LogP) is 0.508. The van der Waals surface area contributed by atoms with Crippen LogP contribution < -0.4 is 5.19 Å². The third kappa shape index (κ3) is 2.38. The van der Waals surface area contributed by atoms with E-state index in [4.69, 9.17) is 8.85 Å². The largest absolute Gasteiger partial charge is 0.534 e. The van der Waals surface area contributed by atoms with E-state index in [2.05, 4.69) is 0 Å². The van der Waals surface area contributed by atoms with E-state index in [-0.39, 0.29) is 0 Å². The SMILES string of the molecule is CCO[Si](O)(OC)c1ccccc1. The Balaban J connectivity index is 2.89. The zero-order chi connectivity index (χ0) is 9.73. The van der Waals surface area contributed by atoms with E-state index in [1.54, 1.807) is 0 Å². The molecule has 72 valence electrons. The molecule has 0 aliphatic heterocycles. The standard InChI is InChI=1S/C9H14O3Si/c1-3-12-13(10,11-2)9-7-5-4-6-8-9/h4-8,10H,3H2,1-2H3. The summed E-state index contributed by atoms with van der Waals surface area (Å²) >= 11 is 0. The van der Waals surface area contributed by atoms with Crippen LogP contribution in [-0.4, -0.2) is 27.3 Å². The van der Waals surface area contributed by atoms with E-state index in [0.717, 1.165) is 5.19 Å². The molecule has 0 spiro atoms. The van der Waals surface area contributed by atoms with Gasteiger partial charge in [-0.15, -0.1) is 0 Å². The van der Waals surface area contributed by atoms with E-state index < -0.39 is 8.80 Å². The first kappa shape index (κ1) is 10.4. The smallest absolute Gasteiger partial charge is 0.386 e. The molecule has 1 atom stereocenters. The Morgan fingerprint density at radius 3 is 2.38 bits per heavy atom. The van der Waals surface area contributed by atoms with E-state index in [1.165, 1.54) is 7.11 Å². The van der Waals surface area contributed by atoms with Crippen molar-refractivity contribution in [2.45, 2.75) is 6.92 Å². The summed E-state index contributed by atoms with van der Waals surface area (Å²) in [4.78, 5) is 9.99. The van der Waals surface area contributed by atoms with E-state index in [9.17, 15) is 4.80 Å². The van der Waals surface area contributed by atoms with Crippen LogP contribution in [0, 0.1) is 0 Å². The molecule has 1 rings (SSSR count). The fourth-order valence-corrected chi connectivity index (χ4v) is 2.63. The van der Waals surface area contributed by atoms with Gasteiger partial charge in [-0.25, -0.2) is 0 Å². The van der Waals surface area contributed by atoms with Crippen molar-refractivity contribution in [2.75, 3.05) is 13.7 Å². The van der Waals surface area contributed by atoms with Crippen molar-refractivity contribution >= 4 is 14.0 Å². The lowest BCUT2D eigenvalue weighted by Gasteiger charge is -2.21. The monoisotopic (exact) mass is 198 g/mol. The molecule has 0 saturated heterocycles. The summed E-state index contributed by atoms with van der Waals surface area (Å²) in [5.74, 6) is 0. The fraction of sp³-hybridized carbons (Fsp3) is 0.333. The molecule has 0 aromatic heterocycles. The molecule has 0 fully saturated rings. The Bertz CT molecular complexity index is 252. The summed E-state index contributed by atoms with van der Waals surface area (Å²) in [6, 6.07) is 9.22. The van der Waals surface area contributed by atoms with E-state index in [0.29, 0.717) is 6.61 Å². The molecule has 0 aliphatic carbocycles. The van der Waals surface area contributed by atoms with Crippen LogP contribution >= 0.6 is 0 Å². The van der Waals surface area contributed by atoms with Crippen molar-refractivity contribution in [3.63, 3.8) is 0 Å². The molecule has 1 aromatic carbocycles. The molecule has 1 aromatic rings. The molecule has 0 heterocycles. The van der Waals surface area contributed by atoms with Crippen LogP contribution in [-0.2, 0) is 8.85 Å². The Morgan fingerprint density at radius 1 is 1.31 bits per heavy atom. The lowest BCUT2D eigenvalue weighted by Crippen LogP contribution is -2.53. The Labute approximate surface area is 79.3 Å². The first-order valence-corrected chi connectivity index (χ1v) is 5.96. The summed E-state index contributed by atoms with van der Waals surface area (Å²) in [6.07, 6.45) is 0. The van der Waals surface area contributed by atoms with Gasteiger partial charge in [-0.2, -0.15) is 0 Å². The molecule has 0 bridgehead atoms. The van der Waals surface area contributed by atoms with E-state index in [1.807, 2.05) is 37.3 Å². The summed E-state index contributed by atoms with van der Waals surface area (Å²) in [5, 5.41) is 0.736. The average Bonchev–Trinajstić information content (AvgIpc) is 2.19. The maximum absolute atomic E-state index is 9.99. The van der Waals surface area contributed by atoms with Gasteiger partial charge < -0.3 is 13.6 Å². The van der Waals surface area contributed by atoms with Crippen molar-refractivity contribution in [1.82, 2.24) is 0 Å². The Kier molecular flexibility index (Phi) is 3.62. The summed E-state index contributed by atoms with van der Waals surface area (Å²) in [6.45, 7) is 2.28. The van der Waals surface area contributed by atoms with Crippen molar-refractivity contribution < 1.29 is 13.6 Å². The van der Waals surface area contributed by atoms with Gasteiger partial charge in [0, 0.05) is 18.9 Å². The first-order chi connectivity index (χ1) is 6.23. The molecule has 13 heavy (non-hydrogen) atoms. The maximum atomic E-state index is 9.99. The highest BCUT2D eigenvalue weighted by molar-refractivity contribution is 6.74. The van der Waals surface area contributed by atoms with Gasteiger partial charge in [0.15, 0.2) is 0 Å². The molecular weight excluding hydrogens is 184 g/mol. The lowest BCUT2D eigenvalue weighted by atomic mass is 10.4. The molecule has 1 unspecified atom stereocenters. The molecular formula is C9H14O3Si. The topological polar surface area (TPSA) is 38.7 Å². The minimum atomic E-state index is -3.10. The third-order valence-corrected chi connectivity index (χ3v) is 4.05. The molecule has 0 amide bonds. The highest BCUT2D eigenvalue weighted by atomic mass is 28.4. The normalized spacial score (nSPS) is 15.3. The van der Waals surface area contributed by atoms with Gasteiger partial charge in [0.2, 0.25) is 0 Å². The van der Waals surface area contributed by atoms with E-state index >= 15 is 0 Å². The van der Waals surface area contributed by atoms with Gasteiger partial charge in [-0.1, -0.05) is 30.3 Å². The lowest BCUT2D eigenvalue weighted by molar-refractivity contribution is 0.144.